The lowest BCUT2D eigenvalue weighted by Gasteiger charge is -2.15. The number of carbonyl (C=O) groups is 2. The highest BCUT2D eigenvalue weighted by molar-refractivity contribution is 5.94. The van der Waals surface area contributed by atoms with Crippen LogP contribution in [0, 0.1) is 5.92 Å². The molecule has 0 saturated heterocycles. The number of rotatable bonds is 10. The van der Waals surface area contributed by atoms with Gasteiger partial charge < -0.3 is 9.47 Å². The molecule has 0 unspecified atom stereocenters. The molecule has 2 aromatic rings. The summed E-state index contributed by atoms with van der Waals surface area (Å²) < 4.78 is 10.7. The van der Waals surface area contributed by atoms with Gasteiger partial charge >= 0.3 is 11.9 Å². The Hall–Kier alpha value is -2.88. The summed E-state index contributed by atoms with van der Waals surface area (Å²) in [6.45, 7) is 3.95. The molecular weight excluding hydrogens is 328 g/mol. The molecule has 0 aliphatic heterocycles. The van der Waals surface area contributed by atoms with Crippen molar-refractivity contribution in [2.75, 3.05) is 0 Å². The zero-order valence-corrected chi connectivity index (χ0v) is 14.8. The summed E-state index contributed by atoms with van der Waals surface area (Å²) in [7, 11) is 0. The van der Waals surface area contributed by atoms with Crippen LogP contribution in [-0.4, -0.2) is 11.9 Å². The second kappa shape index (κ2) is 10.9. The Bertz CT molecular complexity index is 639. The third-order valence-corrected chi connectivity index (χ3v) is 3.92. The number of ether oxygens (including phenoxy) is 2. The van der Waals surface area contributed by atoms with Crippen LogP contribution in [0.3, 0.4) is 0 Å². The van der Waals surface area contributed by atoms with Crippen LogP contribution in [0.4, 0.5) is 0 Å². The van der Waals surface area contributed by atoms with E-state index in [1.54, 1.807) is 6.08 Å². The first-order valence-corrected chi connectivity index (χ1v) is 8.72. The Morgan fingerprint density at radius 3 is 1.73 bits per heavy atom. The van der Waals surface area contributed by atoms with Gasteiger partial charge in [0, 0.05) is 0 Å². The molecule has 0 fully saturated rings. The van der Waals surface area contributed by atoms with E-state index in [9.17, 15) is 9.59 Å². The van der Waals surface area contributed by atoms with Crippen LogP contribution in [0.1, 0.15) is 30.4 Å². The van der Waals surface area contributed by atoms with Crippen LogP contribution in [0.15, 0.2) is 73.3 Å². The molecule has 0 amide bonds. The van der Waals surface area contributed by atoms with E-state index in [1.807, 2.05) is 60.7 Å². The average Bonchev–Trinajstić information content (AvgIpc) is 2.69. The first-order valence-electron chi connectivity index (χ1n) is 8.72. The summed E-state index contributed by atoms with van der Waals surface area (Å²) in [6, 6.07) is 18.8. The summed E-state index contributed by atoms with van der Waals surface area (Å²) in [5.41, 5.74) is 1.76. The molecule has 0 atom stereocenters. The van der Waals surface area contributed by atoms with E-state index in [0.29, 0.717) is 12.8 Å². The summed E-state index contributed by atoms with van der Waals surface area (Å²) in [6.07, 6.45) is 3.55. The van der Waals surface area contributed by atoms with Crippen molar-refractivity contribution in [1.82, 2.24) is 0 Å². The third kappa shape index (κ3) is 6.55. The molecule has 0 radical (unpaired) electrons. The minimum Gasteiger partial charge on any atom is -0.460 e. The number of hydrogen-bond donors (Lipinski definition) is 0. The maximum Gasteiger partial charge on any atom is 0.320 e. The Labute approximate surface area is 154 Å². The highest BCUT2D eigenvalue weighted by Gasteiger charge is 2.29. The van der Waals surface area contributed by atoms with Crippen molar-refractivity contribution >= 4 is 11.9 Å². The molecule has 136 valence electrons. The molecule has 0 heterocycles. The quantitative estimate of drug-likeness (QED) is 0.274. The number of unbranched alkanes of at least 4 members (excludes halogenated alkanes) is 1. The van der Waals surface area contributed by atoms with Crippen LogP contribution in [0.2, 0.25) is 0 Å². The van der Waals surface area contributed by atoms with E-state index in [4.69, 9.17) is 9.47 Å². The van der Waals surface area contributed by atoms with Crippen LogP contribution in [0.5, 0.6) is 0 Å². The number of benzene rings is 2. The third-order valence-electron chi connectivity index (χ3n) is 3.92. The molecule has 0 aromatic heterocycles. The molecule has 0 aliphatic carbocycles. The van der Waals surface area contributed by atoms with Crippen molar-refractivity contribution in [3.8, 4) is 0 Å². The van der Waals surface area contributed by atoms with Gasteiger partial charge in [-0.15, -0.1) is 6.58 Å². The Morgan fingerprint density at radius 2 is 1.31 bits per heavy atom. The average molecular weight is 352 g/mol. The zero-order chi connectivity index (χ0) is 18.6. The minimum absolute atomic E-state index is 0.142. The minimum atomic E-state index is -0.914. The zero-order valence-electron chi connectivity index (χ0n) is 14.8. The molecule has 0 N–H and O–H groups in total. The lowest BCUT2D eigenvalue weighted by Crippen LogP contribution is -2.28. The summed E-state index contributed by atoms with van der Waals surface area (Å²) in [5.74, 6) is -2.01. The second-order valence-electron chi connectivity index (χ2n) is 5.96. The topological polar surface area (TPSA) is 52.6 Å². The van der Waals surface area contributed by atoms with Crippen molar-refractivity contribution in [2.45, 2.75) is 32.5 Å². The fraction of sp³-hybridized carbons (Fsp3) is 0.273. The lowest BCUT2D eigenvalue weighted by molar-refractivity contribution is -0.164. The SMILES string of the molecule is C=CCCCC(C(=O)OCc1ccccc1)C(=O)OCc1ccccc1. The predicted octanol–water partition coefficient (Wildman–Crippen LogP) is 4.45. The summed E-state index contributed by atoms with van der Waals surface area (Å²) in [4.78, 5) is 24.8. The van der Waals surface area contributed by atoms with Crippen molar-refractivity contribution in [3.63, 3.8) is 0 Å². The fourth-order valence-electron chi connectivity index (χ4n) is 2.46. The van der Waals surface area contributed by atoms with Gasteiger partial charge in [0.25, 0.3) is 0 Å². The summed E-state index contributed by atoms with van der Waals surface area (Å²) >= 11 is 0. The smallest absolute Gasteiger partial charge is 0.320 e. The van der Waals surface area contributed by atoms with E-state index in [2.05, 4.69) is 6.58 Å². The highest BCUT2D eigenvalue weighted by atomic mass is 16.6. The van der Waals surface area contributed by atoms with Crippen LogP contribution < -0.4 is 0 Å². The van der Waals surface area contributed by atoms with Crippen LogP contribution >= 0.6 is 0 Å². The predicted molar refractivity (Wildman–Crippen MR) is 100 cm³/mol. The van der Waals surface area contributed by atoms with E-state index in [0.717, 1.165) is 17.5 Å². The molecule has 26 heavy (non-hydrogen) atoms. The van der Waals surface area contributed by atoms with Crippen molar-refractivity contribution in [1.29, 1.82) is 0 Å². The van der Waals surface area contributed by atoms with Crippen LogP contribution in [0.25, 0.3) is 0 Å². The van der Waals surface area contributed by atoms with Gasteiger partial charge in [-0.3, -0.25) is 9.59 Å². The van der Waals surface area contributed by atoms with Gasteiger partial charge in [0.05, 0.1) is 0 Å². The molecule has 0 spiro atoms. The van der Waals surface area contributed by atoms with Crippen molar-refractivity contribution < 1.29 is 19.1 Å². The molecule has 0 saturated carbocycles. The normalized spacial score (nSPS) is 10.3. The lowest BCUT2D eigenvalue weighted by atomic mass is 10.0. The first kappa shape index (κ1) is 19.4. The molecule has 2 aromatic carbocycles. The van der Waals surface area contributed by atoms with Gasteiger partial charge in [-0.05, 0) is 30.4 Å². The van der Waals surface area contributed by atoms with Gasteiger partial charge in [-0.1, -0.05) is 66.7 Å². The summed E-state index contributed by atoms with van der Waals surface area (Å²) in [5, 5.41) is 0. The monoisotopic (exact) mass is 352 g/mol. The second-order valence-corrected chi connectivity index (χ2v) is 5.96. The van der Waals surface area contributed by atoms with Gasteiger partial charge in [0.2, 0.25) is 0 Å². The van der Waals surface area contributed by atoms with Gasteiger partial charge in [0.15, 0.2) is 5.92 Å². The van der Waals surface area contributed by atoms with Gasteiger partial charge in [-0.2, -0.15) is 0 Å². The molecule has 0 aliphatic rings. The van der Waals surface area contributed by atoms with Gasteiger partial charge in [0.1, 0.15) is 13.2 Å². The van der Waals surface area contributed by atoms with E-state index < -0.39 is 17.9 Å². The standard InChI is InChI=1S/C22H24O4/c1-2-3-6-15-20(21(23)25-16-18-11-7-4-8-12-18)22(24)26-17-19-13-9-5-10-14-19/h2,4-5,7-14,20H,1,3,6,15-17H2. The number of allylic oxidation sites excluding steroid dienone is 1. The molecule has 2 rings (SSSR count). The number of hydrogen-bond acceptors (Lipinski definition) is 4. The Kier molecular flexibility index (Phi) is 8.13. The van der Waals surface area contributed by atoms with Gasteiger partial charge in [-0.25, -0.2) is 0 Å². The van der Waals surface area contributed by atoms with E-state index in [-0.39, 0.29) is 13.2 Å². The molecular formula is C22H24O4. The molecule has 4 nitrogen and oxygen atoms in total. The maximum atomic E-state index is 12.4. The number of esters is 2. The van der Waals surface area contributed by atoms with E-state index >= 15 is 0 Å². The fourth-order valence-corrected chi connectivity index (χ4v) is 2.46. The van der Waals surface area contributed by atoms with E-state index in [1.165, 1.54) is 0 Å². The molecule has 0 bridgehead atoms. The Morgan fingerprint density at radius 1 is 0.846 bits per heavy atom. The van der Waals surface area contributed by atoms with Crippen molar-refractivity contribution in [3.05, 3.63) is 84.4 Å². The Balaban J connectivity index is 1.93. The molecule has 4 heteroatoms. The first-order chi connectivity index (χ1) is 12.7. The maximum absolute atomic E-state index is 12.4. The largest absolute Gasteiger partial charge is 0.460 e. The highest BCUT2D eigenvalue weighted by Crippen LogP contribution is 2.16. The van der Waals surface area contributed by atoms with Crippen molar-refractivity contribution in [2.24, 2.45) is 5.92 Å². The number of carbonyl (C=O) groups excluding carboxylic acids is 2. The van der Waals surface area contributed by atoms with Crippen LogP contribution in [-0.2, 0) is 32.3 Å².